The van der Waals surface area contributed by atoms with Crippen LogP contribution in [0.15, 0.2) is 42.5 Å². The van der Waals surface area contributed by atoms with Gasteiger partial charge in [0.1, 0.15) is 18.9 Å². The average Bonchev–Trinajstić information content (AvgIpc) is 3.31. The minimum atomic E-state index is -3.66. The van der Waals surface area contributed by atoms with Crippen molar-refractivity contribution in [1.82, 2.24) is 9.47 Å². The summed E-state index contributed by atoms with van der Waals surface area (Å²) < 4.78 is 28.4. The Labute approximate surface area is 229 Å². The third kappa shape index (κ3) is 6.41. The van der Waals surface area contributed by atoms with E-state index in [-0.39, 0.29) is 37.7 Å². The molecule has 3 aromatic rings. The summed E-state index contributed by atoms with van der Waals surface area (Å²) in [5, 5.41) is 0. The van der Waals surface area contributed by atoms with Crippen LogP contribution in [0.4, 0.5) is 0 Å². The number of ether oxygens (including phenoxy) is 1. The number of carbonyl (C=O) groups excluding carboxylic acids is 2. The number of imide groups is 1. The smallest absolute Gasteiger partial charge is 0.328 e. The molecule has 0 saturated carbocycles. The Morgan fingerprint density at radius 1 is 1.00 bits per heavy atom. The van der Waals surface area contributed by atoms with Gasteiger partial charge in [-0.05, 0) is 38.1 Å². The number of amides is 2. The lowest BCUT2D eigenvalue weighted by atomic mass is 10.1. The van der Waals surface area contributed by atoms with E-state index in [1.54, 1.807) is 24.3 Å². The van der Waals surface area contributed by atoms with Crippen molar-refractivity contribution in [2.45, 2.75) is 39.9 Å². The standard InChI is InChI=1S/C28H38N4O6P/c1-6-29-24-14-13-21(37-16-17-38-39(35,36)18-10-15-32(3,4)5)19-25(24)30(7-2)26(29)20-31-27(33)22-11-8-9-12-23(22)28(31)34/h8-9,11-14,19H,6-7,10,15-18,20H2,1-5H3/q+1/p+1. The number of hydrogen-bond donors (Lipinski definition) is 1. The summed E-state index contributed by atoms with van der Waals surface area (Å²) in [6, 6.07) is 12.6. The average molecular weight is 559 g/mol. The molecule has 1 N–H and O–H groups in total. The summed E-state index contributed by atoms with van der Waals surface area (Å²) >= 11 is 0. The largest absolute Gasteiger partial charge is 0.491 e. The molecule has 0 fully saturated rings. The Hall–Kier alpha value is -3.04. The van der Waals surface area contributed by atoms with Crippen molar-refractivity contribution in [1.29, 1.82) is 0 Å². The van der Waals surface area contributed by atoms with Crippen molar-refractivity contribution in [3.05, 3.63) is 59.4 Å². The van der Waals surface area contributed by atoms with Gasteiger partial charge in [0, 0.05) is 12.5 Å². The molecule has 11 heteroatoms. The van der Waals surface area contributed by atoms with Gasteiger partial charge in [0.15, 0.2) is 11.0 Å². The molecule has 2 heterocycles. The van der Waals surface area contributed by atoms with Gasteiger partial charge >= 0.3 is 7.60 Å². The Balaban J connectivity index is 1.46. The Morgan fingerprint density at radius 3 is 2.26 bits per heavy atom. The van der Waals surface area contributed by atoms with Gasteiger partial charge in [0.2, 0.25) is 0 Å². The van der Waals surface area contributed by atoms with Crippen LogP contribution >= 0.6 is 7.60 Å². The van der Waals surface area contributed by atoms with Crippen molar-refractivity contribution in [3.63, 3.8) is 0 Å². The molecular formula is C28H39N4O6P+2. The van der Waals surface area contributed by atoms with Crippen molar-refractivity contribution in [3.8, 4) is 5.75 Å². The number of rotatable bonds is 13. The Kier molecular flexibility index (Phi) is 8.61. The second-order valence-corrected chi connectivity index (χ2v) is 12.7. The fourth-order valence-corrected chi connectivity index (χ4v) is 6.04. The van der Waals surface area contributed by atoms with Gasteiger partial charge < -0.3 is 18.6 Å². The molecule has 10 nitrogen and oxygen atoms in total. The van der Waals surface area contributed by atoms with Gasteiger partial charge in [-0.3, -0.25) is 19.1 Å². The fraction of sp³-hybridized carbons (Fsp3) is 0.464. The molecule has 0 spiro atoms. The third-order valence-electron chi connectivity index (χ3n) is 6.88. The minimum Gasteiger partial charge on any atom is -0.491 e. The quantitative estimate of drug-likeness (QED) is 0.113. The van der Waals surface area contributed by atoms with E-state index < -0.39 is 7.60 Å². The molecule has 39 heavy (non-hydrogen) atoms. The maximum absolute atomic E-state index is 13.0. The number of carbonyl (C=O) groups is 2. The van der Waals surface area contributed by atoms with Crippen LogP contribution in [0.3, 0.4) is 0 Å². The number of hydrogen-bond acceptors (Lipinski definition) is 5. The normalized spacial score (nSPS) is 15.2. The third-order valence-corrected chi connectivity index (χ3v) is 8.34. The molecule has 4 rings (SSSR count). The van der Waals surface area contributed by atoms with Crippen LogP contribution in [-0.2, 0) is 28.7 Å². The van der Waals surface area contributed by atoms with Crippen LogP contribution in [0.25, 0.3) is 11.0 Å². The number of quaternary nitrogens is 1. The van der Waals surface area contributed by atoms with Crippen LogP contribution in [0.1, 0.15) is 46.8 Å². The molecule has 2 amide bonds. The van der Waals surface area contributed by atoms with Crippen molar-refractivity contribution in [2.75, 3.05) is 47.1 Å². The molecule has 1 aliphatic heterocycles. The Bertz CT molecular complexity index is 1390. The maximum Gasteiger partial charge on any atom is 0.328 e. The first kappa shape index (κ1) is 29.0. The highest BCUT2D eigenvalue weighted by molar-refractivity contribution is 7.52. The zero-order valence-electron chi connectivity index (χ0n) is 23.4. The summed E-state index contributed by atoms with van der Waals surface area (Å²) in [5.41, 5.74) is 2.75. The van der Waals surface area contributed by atoms with E-state index >= 15 is 0 Å². The lowest BCUT2D eigenvalue weighted by molar-refractivity contribution is -0.870. The summed E-state index contributed by atoms with van der Waals surface area (Å²) in [6.07, 6.45) is 0.717. The monoisotopic (exact) mass is 558 g/mol. The van der Waals surface area contributed by atoms with Gasteiger partial charge in [-0.2, -0.15) is 0 Å². The number of aromatic nitrogens is 2. The highest BCUT2D eigenvalue weighted by Gasteiger charge is 2.38. The first-order chi connectivity index (χ1) is 18.5. The molecule has 0 aliphatic carbocycles. The minimum absolute atomic E-state index is 0.00489. The molecule has 0 radical (unpaired) electrons. The molecule has 1 atom stereocenters. The van der Waals surface area contributed by atoms with E-state index in [0.29, 0.717) is 36.4 Å². The molecule has 0 saturated heterocycles. The zero-order valence-corrected chi connectivity index (χ0v) is 24.3. The van der Waals surface area contributed by atoms with Crippen LogP contribution in [-0.4, -0.2) is 77.7 Å². The highest BCUT2D eigenvalue weighted by atomic mass is 31.2. The van der Waals surface area contributed by atoms with Gasteiger partial charge in [-0.15, -0.1) is 0 Å². The van der Waals surface area contributed by atoms with Crippen molar-refractivity contribution < 1.29 is 37.4 Å². The lowest BCUT2D eigenvalue weighted by Gasteiger charge is -2.24. The number of aryl methyl sites for hydroxylation is 2. The summed E-state index contributed by atoms with van der Waals surface area (Å²) in [6.45, 7) is 6.43. The first-order valence-corrected chi connectivity index (χ1v) is 15.1. The van der Waals surface area contributed by atoms with Crippen molar-refractivity contribution in [2.24, 2.45) is 0 Å². The number of imidazole rings is 1. The van der Waals surface area contributed by atoms with Gasteiger partial charge in [-0.25, -0.2) is 9.13 Å². The van der Waals surface area contributed by atoms with Gasteiger partial charge in [0.25, 0.3) is 17.6 Å². The molecule has 1 aromatic heterocycles. The van der Waals surface area contributed by atoms with Gasteiger partial charge in [0.05, 0.1) is 64.7 Å². The SMILES string of the molecule is CCn1c(CN2C(=O)c3ccccc3C2=O)[n+](CC)c2ccc(OCCOP(=O)(O)CCC[N+](C)(C)C)cc21. The summed E-state index contributed by atoms with van der Waals surface area (Å²) in [7, 11) is 2.46. The first-order valence-electron chi connectivity index (χ1n) is 13.4. The second-order valence-electron chi connectivity index (χ2n) is 10.7. The molecule has 0 bridgehead atoms. The van der Waals surface area contributed by atoms with E-state index in [0.717, 1.165) is 27.9 Å². The number of fused-ring (bicyclic) bond motifs is 2. The molecular weight excluding hydrogens is 519 g/mol. The molecule has 1 unspecified atom stereocenters. The molecule has 1 aliphatic rings. The van der Waals surface area contributed by atoms with E-state index in [4.69, 9.17) is 9.26 Å². The number of benzene rings is 2. The summed E-state index contributed by atoms with van der Waals surface area (Å²) in [4.78, 5) is 37.4. The molecule has 2 aromatic carbocycles. The predicted octanol–water partition coefficient (Wildman–Crippen LogP) is 3.44. The highest BCUT2D eigenvalue weighted by Crippen LogP contribution is 2.42. The van der Waals surface area contributed by atoms with E-state index in [2.05, 4.69) is 9.13 Å². The number of nitrogens with zero attached hydrogens (tertiary/aromatic N) is 4. The van der Waals surface area contributed by atoms with Gasteiger partial charge in [-0.1, -0.05) is 12.1 Å². The van der Waals surface area contributed by atoms with E-state index in [1.807, 2.05) is 53.2 Å². The second kappa shape index (κ2) is 11.6. The Morgan fingerprint density at radius 2 is 1.67 bits per heavy atom. The topological polar surface area (TPSA) is 102 Å². The van der Waals surface area contributed by atoms with Crippen LogP contribution in [0.2, 0.25) is 0 Å². The van der Waals surface area contributed by atoms with Crippen LogP contribution in [0.5, 0.6) is 5.75 Å². The maximum atomic E-state index is 13.0. The van der Waals surface area contributed by atoms with Crippen LogP contribution < -0.4 is 9.30 Å². The lowest BCUT2D eigenvalue weighted by Crippen LogP contribution is -2.41. The van der Waals surface area contributed by atoms with Crippen molar-refractivity contribution >= 4 is 30.4 Å². The predicted molar refractivity (Wildman–Crippen MR) is 148 cm³/mol. The van der Waals surface area contributed by atoms with Crippen LogP contribution in [0, 0.1) is 0 Å². The fourth-order valence-electron chi connectivity index (χ4n) is 5.01. The summed E-state index contributed by atoms with van der Waals surface area (Å²) in [5.74, 6) is 0.884. The van der Waals surface area contributed by atoms with E-state index in [9.17, 15) is 19.0 Å². The van der Waals surface area contributed by atoms with E-state index in [1.165, 1.54) is 4.90 Å². The molecule has 210 valence electrons. The zero-order chi connectivity index (χ0) is 28.4.